The molecule has 1 aliphatic carbocycles. The maximum atomic E-state index is 12.3. The Morgan fingerprint density at radius 2 is 2.06 bits per heavy atom. The van der Waals surface area contributed by atoms with Crippen molar-refractivity contribution in [3.8, 4) is 0 Å². The first kappa shape index (κ1) is 20.8. The molecule has 3 amide bonds. The molecule has 0 radical (unpaired) electrons. The summed E-state index contributed by atoms with van der Waals surface area (Å²) < 4.78 is 1.80. The van der Waals surface area contributed by atoms with Crippen LogP contribution in [0.25, 0.3) is 10.9 Å². The van der Waals surface area contributed by atoms with Crippen molar-refractivity contribution < 1.29 is 19.5 Å². The first-order valence-corrected chi connectivity index (χ1v) is 11.3. The molecule has 3 atom stereocenters. The van der Waals surface area contributed by atoms with E-state index >= 15 is 0 Å². The lowest BCUT2D eigenvalue weighted by atomic mass is 9.64. The Morgan fingerprint density at radius 3 is 2.75 bits per heavy atom. The van der Waals surface area contributed by atoms with Crippen LogP contribution < -0.4 is 10.6 Å². The highest BCUT2D eigenvalue weighted by molar-refractivity contribution is 6.02. The first-order chi connectivity index (χ1) is 15.2. The van der Waals surface area contributed by atoms with Gasteiger partial charge < -0.3 is 15.3 Å². The summed E-state index contributed by atoms with van der Waals surface area (Å²) in [6.45, 7) is 3.55. The molecule has 170 valence electrons. The molecule has 1 aromatic heterocycles. The fourth-order valence-corrected chi connectivity index (χ4v) is 5.87. The van der Waals surface area contributed by atoms with E-state index in [0.717, 1.165) is 41.5 Å². The molecule has 5 rings (SSSR count). The number of carbonyl (C=O) groups excluding carboxylic acids is 2. The third-order valence-electron chi connectivity index (χ3n) is 7.55. The Morgan fingerprint density at radius 1 is 1.28 bits per heavy atom. The van der Waals surface area contributed by atoms with Crippen molar-refractivity contribution >= 4 is 34.5 Å². The largest absolute Gasteiger partial charge is 0.465 e. The van der Waals surface area contributed by atoms with E-state index in [1.807, 2.05) is 19.2 Å². The number of anilines is 1. The van der Waals surface area contributed by atoms with Crippen LogP contribution in [0.4, 0.5) is 10.5 Å². The molecule has 1 unspecified atom stereocenters. The Kier molecular flexibility index (Phi) is 4.87. The van der Waals surface area contributed by atoms with Crippen LogP contribution in [0, 0.1) is 11.3 Å². The number of amides is 3. The number of hydrogen-bond acceptors (Lipinski definition) is 5. The molecule has 2 aromatic rings. The molecule has 9 heteroatoms. The quantitative estimate of drug-likeness (QED) is 0.633. The molecule has 3 heterocycles. The Bertz CT molecular complexity index is 1100. The van der Waals surface area contributed by atoms with Crippen molar-refractivity contribution in [2.75, 3.05) is 18.4 Å². The number of rotatable bonds is 3. The first-order valence-electron chi connectivity index (χ1n) is 11.3. The number of aryl methyl sites for hydroxylation is 1. The second-order valence-corrected chi connectivity index (χ2v) is 9.85. The van der Waals surface area contributed by atoms with Crippen LogP contribution in [0.1, 0.15) is 50.6 Å². The van der Waals surface area contributed by atoms with Gasteiger partial charge in [-0.1, -0.05) is 6.92 Å². The third-order valence-corrected chi connectivity index (χ3v) is 7.55. The predicted octanol–water partition coefficient (Wildman–Crippen LogP) is 2.67. The summed E-state index contributed by atoms with van der Waals surface area (Å²) >= 11 is 0. The normalized spacial score (nSPS) is 27.3. The van der Waals surface area contributed by atoms with E-state index in [2.05, 4.69) is 28.7 Å². The molecule has 3 aliphatic rings. The molecule has 1 saturated carbocycles. The highest BCUT2D eigenvalue weighted by atomic mass is 16.4. The number of carbonyl (C=O) groups is 3. The summed E-state index contributed by atoms with van der Waals surface area (Å²) in [5, 5.41) is 20.8. The number of nitrogens with one attached hydrogen (secondary N) is 2. The third kappa shape index (κ3) is 3.49. The fourth-order valence-electron chi connectivity index (χ4n) is 5.87. The van der Waals surface area contributed by atoms with Gasteiger partial charge in [0, 0.05) is 49.1 Å². The van der Waals surface area contributed by atoms with Crippen LogP contribution >= 0.6 is 0 Å². The van der Waals surface area contributed by atoms with E-state index in [1.165, 1.54) is 4.90 Å². The SMILES string of the molecule is C[C@@H]1CC2(CC[C@H]1Nc1ccc3c(C4CCC(=O)NC4=O)nn(C)c3c1)CN(C(=O)O)C2. The zero-order chi connectivity index (χ0) is 22.6. The smallest absolute Gasteiger partial charge is 0.407 e. The van der Waals surface area contributed by atoms with Crippen LogP contribution in [-0.2, 0) is 16.6 Å². The fraction of sp³-hybridized carbons (Fsp3) is 0.565. The van der Waals surface area contributed by atoms with Gasteiger partial charge in [-0.15, -0.1) is 0 Å². The van der Waals surface area contributed by atoms with E-state index in [-0.39, 0.29) is 17.2 Å². The standard InChI is InChI=1S/C23H29N5O4/c1-13-10-23(11-28(12-23)22(31)32)8-7-17(13)24-14-3-4-15-18(9-14)27(2)26-20(15)16-5-6-19(29)25-21(16)30/h3-4,9,13,16-17,24H,5-8,10-12H2,1-2H3,(H,31,32)(H,25,29,30)/t13-,16?,17-/m1/s1. The van der Waals surface area contributed by atoms with E-state index < -0.39 is 12.0 Å². The minimum Gasteiger partial charge on any atom is -0.465 e. The molecule has 2 aliphatic heterocycles. The molecular formula is C23H29N5O4. The van der Waals surface area contributed by atoms with Gasteiger partial charge >= 0.3 is 6.09 Å². The highest BCUT2D eigenvalue weighted by Gasteiger charge is 2.49. The van der Waals surface area contributed by atoms with Gasteiger partial charge in [0.25, 0.3) is 0 Å². The molecule has 1 spiro atoms. The average Bonchev–Trinajstić information content (AvgIpc) is 3.03. The molecule has 3 fully saturated rings. The van der Waals surface area contributed by atoms with Gasteiger partial charge in [0.1, 0.15) is 0 Å². The molecule has 3 N–H and O–H groups in total. The molecule has 1 aromatic carbocycles. The monoisotopic (exact) mass is 439 g/mol. The number of fused-ring (bicyclic) bond motifs is 1. The maximum absolute atomic E-state index is 12.3. The number of benzene rings is 1. The topological polar surface area (TPSA) is 117 Å². The van der Waals surface area contributed by atoms with Crippen molar-refractivity contribution in [2.45, 2.75) is 51.0 Å². The van der Waals surface area contributed by atoms with Crippen molar-refractivity contribution in [3.63, 3.8) is 0 Å². The second kappa shape index (κ2) is 7.50. The van der Waals surface area contributed by atoms with Crippen LogP contribution in [0.3, 0.4) is 0 Å². The van der Waals surface area contributed by atoms with Gasteiger partial charge in [0.05, 0.1) is 17.1 Å². The Labute approximate surface area is 186 Å². The lowest BCUT2D eigenvalue weighted by molar-refractivity contribution is -0.134. The number of carboxylic acid groups (broad SMARTS) is 1. The van der Waals surface area contributed by atoms with Crippen molar-refractivity contribution in [3.05, 3.63) is 23.9 Å². The van der Waals surface area contributed by atoms with Crippen LogP contribution in [0.15, 0.2) is 18.2 Å². The van der Waals surface area contributed by atoms with Crippen LogP contribution in [-0.4, -0.2) is 56.8 Å². The summed E-state index contributed by atoms with van der Waals surface area (Å²) in [5.74, 6) is -0.455. The van der Waals surface area contributed by atoms with E-state index in [4.69, 9.17) is 5.11 Å². The van der Waals surface area contributed by atoms with Gasteiger partial charge in [-0.2, -0.15) is 5.10 Å². The van der Waals surface area contributed by atoms with Crippen molar-refractivity contribution in [2.24, 2.45) is 18.4 Å². The van der Waals surface area contributed by atoms with Crippen molar-refractivity contribution in [1.29, 1.82) is 0 Å². The van der Waals surface area contributed by atoms with Gasteiger partial charge in [-0.25, -0.2) is 4.79 Å². The van der Waals surface area contributed by atoms with Gasteiger partial charge in [-0.3, -0.25) is 19.6 Å². The number of imide groups is 1. The van der Waals surface area contributed by atoms with Gasteiger partial charge in [0.2, 0.25) is 11.8 Å². The average molecular weight is 440 g/mol. The van der Waals surface area contributed by atoms with Crippen LogP contribution in [0.2, 0.25) is 0 Å². The molecule has 9 nitrogen and oxygen atoms in total. The minimum absolute atomic E-state index is 0.152. The lowest BCUT2D eigenvalue weighted by Crippen LogP contribution is -2.61. The Hall–Kier alpha value is -3.10. The minimum atomic E-state index is -0.815. The number of hydrogen-bond donors (Lipinski definition) is 3. The lowest BCUT2D eigenvalue weighted by Gasteiger charge is -2.54. The highest BCUT2D eigenvalue weighted by Crippen LogP contribution is 2.46. The zero-order valence-electron chi connectivity index (χ0n) is 18.4. The van der Waals surface area contributed by atoms with Gasteiger partial charge in [0.15, 0.2) is 0 Å². The number of piperidine rings is 1. The van der Waals surface area contributed by atoms with Gasteiger partial charge in [-0.05, 0) is 49.8 Å². The summed E-state index contributed by atoms with van der Waals surface area (Å²) in [4.78, 5) is 36.5. The van der Waals surface area contributed by atoms with E-state index in [9.17, 15) is 14.4 Å². The number of aromatic nitrogens is 2. The summed E-state index contributed by atoms with van der Waals surface area (Å²) in [6, 6.07) is 6.45. The maximum Gasteiger partial charge on any atom is 0.407 e. The predicted molar refractivity (Wildman–Crippen MR) is 118 cm³/mol. The summed E-state index contributed by atoms with van der Waals surface area (Å²) in [5.41, 5.74) is 2.84. The van der Waals surface area contributed by atoms with E-state index in [1.54, 1.807) is 4.68 Å². The van der Waals surface area contributed by atoms with Crippen LogP contribution in [0.5, 0.6) is 0 Å². The number of nitrogens with zero attached hydrogens (tertiary/aromatic N) is 3. The molecular weight excluding hydrogens is 410 g/mol. The number of likely N-dealkylation sites (tertiary alicyclic amines) is 1. The summed E-state index contributed by atoms with van der Waals surface area (Å²) in [7, 11) is 1.87. The molecule has 32 heavy (non-hydrogen) atoms. The second-order valence-electron chi connectivity index (χ2n) is 9.85. The molecule has 2 saturated heterocycles. The Balaban J connectivity index is 1.30. The molecule has 0 bridgehead atoms. The zero-order valence-corrected chi connectivity index (χ0v) is 18.4. The summed E-state index contributed by atoms with van der Waals surface area (Å²) in [6.07, 6.45) is 3.08. The van der Waals surface area contributed by atoms with Crippen molar-refractivity contribution in [1.82, 2.24) is 20.0 Å². The van der Waals surface area contributed by atoms with E-state index in [0.29, 0.717) is 37.9 Å².